The number of carbonyl (C=O) groups is 1. The van der Waals surface area contributed by atoms with E-state index in [-0.39, 0.29) is 52.9 Å². The summed E-state index contributed by atoms with van der Waals surface area (Å²) in [7, 11) is -6.30. The molecule has 4 heterocycles. The van der Waals surface area contributed by atoms with Crippen molar-refractivity contribution in [2.75, 3.05) is 23.7 Å². The summed E-state index contributed by atoms with van der Waals surface area (Å²) in [6, 6.07) is 7.81. The van der Waals surface area contributed by atoms with Crippen molar-refractivity contribution in [3.05, 3.63) is 53.2 Å². The van der Waals surface area contributed by atoms with Crippen LogP contribution in [0.3, 0.4) is 0 Å². The maximum atomic E-state index is 17.6. The minimum absolute atomic E-state index is 0.0600. The van der Waals surface area contributed by atoms with Gasteiger partial charge in [-0.1, -0.05) is 92.5 Å². The Bertz CT molecular complexity index is 2380. The Kier molecular flexibility index (Phi) is 11.6. The number of halogens is 2. The van der Waals surface area contributed by atoms with Crippen LogP contribution in [0.25, 0.3) is 32.9 Å². The van der Waals surface area contributed by atoms with E-state index >= 15 is 8.78 Å². The van der Waals surface area contributed by atoms with Crippen molar-refractivity contribution in [2.24, 2.45) is 5.92 Å². The molecule has 0 N–H and O–H groups in total. The fourth-order valence-corrected chi connectivity index (χ4v) is 15.2. The molecule has 0 unspecified atom stereocenters. The van der Waals surface area contributed by atoms with Gasteiger partial charge in [0.15, 0.2) is 5.82 Å². The van der Waals surface area contributed by atoms with E-state index in [0.29, 0.717) is 63.4 Å². The Morgan fingerprint density at radius 1 is 0.965 bits per heavy atom. The molecule has 0 spiro atoms. The van der Waals surface area contributed by atoms with E-state index in [2.05, 4.69) is 63.0 Å². The van der Waals surface area contributed by atoms with Crippen molar-refractivity contribution < 1.29 is 26.7 Å². The number of carbonyl (C=O) groups excluding carboxylic acids is 1. The molecule has 306 valence electrons. The van der Waals surface area contributed by atoms with E-state index in [9.17, 15) is 13.2 Å². The number of fused-ring (bicyclic) bond motifs is 3. The summed E-state index contributed by atoms with van der Waals surface area (Å²) in [6.45, 7) is 24.8. The molecule has 1 fully saturated rings. The predicted octanol–water partition coefficient (Wildman–Crippen LogP) is 9.88. The smallest absolute Gasteiger partial charge is 0.410 e. The summed E-state index contributed by atoms with van der Waals surface area (Å²) in [5, 5.41) is 0.982. The second-order valence-electron chi connectivity index (χ2n) is 17.7. The van der Waals surface area contributed by atoms with Crippen molar-refractivity contribution in [3.63, 3.8) is 0 Å². The van der Waals surface area contributed by atoms with Crippen LogP contribution in [0, 0.1) is 29.0 Å². The van der Waals surface area contributed by atoms with Crippen LogP contribution in [0.15, 0.2) is 35.5 Å². The molecule has 0 radical (unpaired) electrons. The summed E-state index contributed by atoms with van der Waals surface area (Å²) >= 11 is 0. The fraction of sp³-hybridized carbons (Fsp3) is 0.545. The largest absolute Gasteiger partial charge is 0.444 e. The molecule has 13 heteroatoms. The van der Waals surface area contributed by atoms with Gasteiger partial charge < -0.3 is 14.5 Å². The van der Waals surface area contributed by atoms with Crippen LogP contribution in [-0.4, -0.2) is 79.0 Å². The molecule has 9 nitrogen and oxygen atoms in total. The van der Waals surface area contributed by atoms with Gasteiger partial charge >= 0.3 is 6.09 Å². The van der Waals surface area contributed by atoms with Crippen molar-refractivity contribution in [2.45, 2.75) is 135 Å². The summed E-state index contributed by atoms with van der Waals surface area (Å²) < 4.78 is 66.6. The van der Waals surface area contributed by atoms with Crippen molar-refractivity contribution in [1.82, 2.24) is 19.9 Å². The number of ether oxygens (including phenoxy) is 1. The number of piperazine rings is 1. The number of hydrogen-bond acceptors (Lipinski definition) is 8. The molecule has 57 heavy (non-hydrogen) atoms. The quantitative estimate of drug-likeness (QED) is 0.103. The second kappa shape index (κ2) is 15.5. The number of hydrogen-bond donors (Lipinski definition) is 0. The lowest BCUT2D eigenvalue weighted by molar-refractivity contribution is 0.00797. The fourth-order valence-electron chi connectivity index (χ4n) is 9.26. The highest BCUT2D eigenvalue weighted by atomic mass is 32.2. The minimum atomic E-state index is -4.01. The Balaban J connectivity index is 1.63. The summed E-state index contributed by atoms with van der Waals surface area (Å²) in [4.78, 5) is 31.5. The number of pyridine rings is 1. The summed E-state index contributed by atoms with van der Waals surface area (Å²) in [5.74, 6) is 1.84. The molecule has 2 aromatic carbocycles. The molecule has 4 aromatic rings. The highest BCUT2D eigenvalue weighted by Gasteiger charge is 2.44. The van der Waals surface area contributed by atoms with Crippen LogP contribution in [0.2, 0.25) is 16.6 Å². The average Bonchev–Trinajstić information content (AvgIpc) is 3.25. The van der Waals surface area contributed by atoms with Crippen molar-refractivity contribution >= 4 is 51.5 Å². The van der Waals surface area contributed by atoms with Gasteiger partial charge in [0.05, 0.1) is 34.5 Å². The molecule has 0 saturated carbocycles. The van der Waals surface area contributed by atoms with Crippen LogP contribution < -0.4 is 4.90 Å². The van der Waals surface area contributed by atoms with Gasteiger partial charge in [-0.25, -0.2) is 36.9 Å². The van der Waals surface area contributed by atoms with E-state index in [4.69, 9.17) is 9.72 Å². The molecule has 2 aliphatic rings. The van der Waals surface area contributed by atoms with Crippen LogP contribution in [0.1, 0.15) is 101 Å². The van der Waals surface area contributed by atoms with E-state index in [0.717, 1.165) is 0 Å². The number of rotatable bonds is 7. The molecule has 2 aliphatic heterocycles. The third kappa shape index (κ3) is 7.52. The zero-order valence-electron chi connectivity index (χ0n) is 35.4. The van der Waals surface area contributed by atoms with Crippen LogP contribution in [-0.2, 0) is 21.0 Å². The first-order valence-corrected chi connectivity index (χ1v) is 24.2. The molecule has 6 rings (SSSR count). The molecular formula is C44H57F2N5O4SSi. The maximum Gasteiger partial charge on any atom is 0.410 e. The Morgan fingerprint density at radius 2 is 1.63 bits per heavy atom. The highest BCUT2D eigenvalue weighted by molar-refractivity contribution is 7.91. The monoisotopic (exact) mass is 817 g/mol. The Labute approximate surface area is 337 Å². The Morgan fingerprint density at radius 3 is 2.23 bits per heavy atom. The number of benzene rings is 2. The van der Waals surface area contributed by atoms with Crippen LogP contribution >= 0.6 is 0 Å². The molecule has 3 atom stereocenters. The number of amides is 1. The van der Waals surface area contributed by atoms with Gasteiger partial charge in [-0.05, 0) is 67.6 Å². The summed E-state index contributed by atoms with van der Waals surface area (Å²) in [6.07, 6.45) is 0.535. The summed E-state index contributed by atoms with van der Waals surface area (Å²) in [5.41, 5.74) is 4.70. The zero-order valence-corrected chi connectivity index (χ0v) is 37.2. The van der Waals surface area contributed by atoms with Crippen LogP contribution in [0.4, 0.5) is 19.4 Å². The predicted molar refractivity (Wildman–Crippen MR) is 227 cm³/mol. The molecule has 0 bridgehead atoms. The van der Waals surface area contributed by atoms with Gasteiger partial charge in [0.1, 0.15) is 36.5 Å². The van der Waals surface area contributed by atoms with E-state index in [1.165, 1.54) is 13.0 Å². The van der Waals surface area contributed by atoms with E-state index in [1.807, 2.05) is 45.6 Å². The highest BCUT2D eigenvalue weighted by Crippen LogP contribution is 2.44. The Hall–Kier alpha value is -4.15. The molecule has 0 aliphatic carbocycles. The van der Waals surface area contributed by atoms with Gasteiger partial charge in [-0.2, -0.15) is 0 Å². The first-order chi connectivity index (χ1) is 26.7. The first kappa shape index (κ1) is 42.5. The molecular weight excluding hydrogens is 761 g/mol. The average molecular weight is 818 g/mol. The minimum Gasteiger partial charge on any atom is -0.444 e. The lowest BCUT2D eigenvalue weighted by Crippen LogP contribution is -2.62. The van der Waals surface area contributed by atoms with Gasteiger partial charge in [-0.3, -0.25) is 0 Å². The third-order valence-electron chi connectivity index (χ3n) is 12.2. The number of anilines is 1. The molecule has 2 aromatic heterocycles. The van der Waals surface area contributed by atoms with Crippen molar-refractivity contribution in [3.8, 4) is 22.7 Å². The normalized spacial score (nSPS) is 18.9. The van der Waals surface area contributed by atoms with Gasteiger partial charge in [0.25, 0.3) is 0 Å². The maximum absolute atomic E-state index is 17.6. The zero-order chi connectivity index (χ0) is 41.9. The standard InChI is InChI=1S/C44H57F2N5O4SSi/c1-13-30-23-51-35(24-50(30)43(52)55-44(10,11)12)28(9)22-34-37-40(48-42(49-41(37)51)56(53,54)14-2)38(46)39(47-34)32-17-15-16-29-18-19-33(45)31(36(29)32)20-21-57(25(3)4,26(5)6)27(7)8/h15-19,25-28,30,35H,13-14,22-24H2,1-12H3/t28-,30+,35+/m0/s1. The van der Waals surface area contributed by atoms with Crippen molar-refractivity contribution in [1.29, 1.82) is 0 Å². The van der Waals surface area contributed by atoms with Gasteiger partial charge in [0.2, 0.25) is 15.0 Å². The number of sulfone groups is 1. The van der Waals surface area contributed by atoms with Crippen LogP contribution in [0.5, 0.6) is 0 Å². The molecule has 1 amide bonds. The van der Waals surface area contributed by atoms with E-state index in [1.54, 1.807) is 23.1 Å². The SMILES string of the molecule is CC[C@@H]1CN2c3nc(S(=O)(=O)CC)nc4c(F)c(-c5cccc6ccc(F)c(C#C[Si](C(C)C)(C(C)C)C(C)C)c56)nc(c34)C[C@H](C)[C@H]2CN1C(=O)OC(C)(C)C. The lowest BCUT2D eigenvalue weighted by Gasteiger charge is -2.48. The molecule has 1 saturated heterocycles. The van der Waals surface area contributed by atoms with E-state index < -0.39 is 46.4 Å². The number of aromatic nitrogens is 3. The lowest BCUT2D eigenvalue weighted by atomic mass is 9.92. The second-order valence-corrected chi connectivity index (χ2v) is 25.5. The van der Waals surface area contributed by atoms with Gasteiger partial charge in [-0.15, -0.1) is 5.54 Å². The number of nitrogens with zero attached hydrogens (tertiary/aromatic N) is 5. The van der Waals surface area contributed by atoms with Gasteiger partial charge in [0, 0.05) is 24.0 Å². The third-order valence-corrected chi connectivity index (χ3v) is 20.0. The topological polar surface area (TPSA) is 106 Å². The first-order valence-electron chi connectivity index (χ1n) is 20.3.